The zero-order chi connectivity index (χ0) is 47.5. The molecule has 0 radical (unpaired) electrons. The SMILES string of the molecule is CCCCCCCCCCCCCOc1ccc(CN(CCOCCOc2ccc(C(N)c3ccccc3)cc2)C(=O)CC(C)CC(C)(C)C)cc1OCCCCCCCCCCCCC. The molecule has 0 saturated heterocycles. The third-order valence-corrected chi connectivity index (χ3v) is 12.6. The van der Waals surface area contributed by atoms with Crippen LogP contribution in [0.5, 0.6) is 17.2 Å². The van der Waals surface area contributed by atoms with E-state index in [2.05, 4.69) is 59.7 Å². The maximum Gasteiger partial charge on any atom is 0.223 e. The lowest BCUT2D eigenvalue weighted by molar-refractivity contribution is -0.133. The van der Waals surface area contributed by atoms with Crippen LogP contribution in [0.1, 0.15) is 218 Å². The third kappa shape index (κ3) is 26.7. The van der Waals surface area contributed by atoms with Crippen LogP contribution in [0.4, 0.5) is 0 Å². The Hall–Kier alpha value is -3.55. The van der Waals surface area contributed by atoms with E-state index in [9.17, 15) is 4.79 Å². The molecule has 0 spiro atoms. The van der Waals surface area contributed by atoms with Crippen molar-refractivity contribution in [2.45, 2.75) is 208 Å². The lowest BCUT2D eigenvalue weighted by Crippen LogP contribution is -2.35. The van der Waals surface area contributed by atoms with Gasteiger partial charge >= 0.3 is 0 Å². The first-order chi connectivity index (χ1) is 32.1. The molecule has 3 rings (SSSR count). The number of hydrogen-bond donors (Lipinski definition) is 1. The minimum Gasteiger partial charge on any atom is -0.491 e. The first kappa shape index (κ1) is 56.8. The van der Waals surface area contributed by atoms with Crippen LogP contribution in [0.3, 0.4) is 0 Å². The summed E-state index contributed by atoms with van der Waals surface area (Å²) in [7, 11) is 0. The van der Waals surface area contributed by atoms with E-state index >= 15 is 0 Å². The highest BCUT2D eigenvalue weighted by Crippen LogP contribution is 2.31. The maximum atomic E-state index is 14.0. The Bertz CT molecular complexity index is 1620. The van der Waals surface area contributed by atoms with Gasteiger partial charge in [-0.3, -0.25) is 4.79 Å². The second-order valence-electron chi connectivity index (χ2n) is 20.4. The van der Waals surface area contributed by atoms with Crippen molar-refractivity contribution in [3.05, 3.63) is 89.5 Å². The molecule has 2 atom stereocenters. The van der Waals surface area contributed by atoms with E-state index in [1.54, 1.807) is 0 Å². The lowest BCUT2D eigenvalue weighted by Gasteiger charge is -2.27. The van der Waals surface area contributed by atoms with Gasteiger partial charge in [0.2, 0.25) is 5.91 Å². The lowest BCUT2D eigenvalue weighted by atomic mass is 9.84. The molecular formula is C59H96N2O5. The number of unbranched alkanes of at least 4 members (excludes halogenated alkanes) is 20. The van der Waals surface area contributed by atoms with E-state index < -0.39 is 0 Å². The van der Waals surface area contributed by atoms with Gasteiger partial charge in [-0.25, -0.2) is 0 Å². The molecule has 0 bridgehead atoms. The summed E-state index contributed by atoms with van der Waals surface area (Å²) in [6, 6.07) is 24.2. The van der Waals surface area contributed by atoms with Crippen LogP contribution in [-0.2, 0) is 16.1 Å². The van der Waals surface area contributed by atoms with Crippen LogP contribution in [0.15, 0.2) is 72.8 Å². The number of nitrogens with zero attached hydrogens (tertiary/aromatic N) is 1. The Kier molecular flexibility index (Phi) is 30.6. The maximum absolute atomic E-state index is 14.0. The quantitative estimate of drug-likeness (QED) is 0.0572. The molecule has 66 heavy (non-hydrogen) atoms. The van der Waals surface area contributed by atoms with E-state index in [4.69, 9.17) is 24.7 Å². The highest BCUT2D eigenvalue weighted by Gasteiger charge is 2.22. The summed E-state index contributed by atoms with van der Waals surface area (Å²) in [5.41, 5.74) is 9.81. The number of carbonyl (C=O) groups is 1. The van der Waals surface area contributed by atoms with Crippen molar-refractivity contribution in [3.8, 4) is 17.2 Å². The summed E-state index contributed by atoms with van der Waals surface area (Å²) < 4.78 is 25.0. The van der Waals surface area contributed by atoms with Crippen LogP contribution in [-0.4, -0.2) is 50.4 Å². The van der Waals surface area contributed by atoms with E-state index in [1.807, 2.05) is 59.5 Å². The van der Waals surface area contributed by atoms with Crippen LogP contribution < -0.4 is 19.9 Å². The molecule has 7 heteroatoms. The fourth-order valence-corrected chi connectivity index (χ4v) is 8.96. The highest BCUT2D eigenvalue weighted by molar-refractivity contribution is 5.76. The van der Waals surface area contributed by atoms with E-state index in [1.165, 1.54) is 128 Å². The number of ether oxygens (including phenoxy) is 4. The first-order valence-electron chi connectivity index (χ1n) is 26.9. The van der Waals surface area contributed by atoms with E-state index in [0.29, 0.717) is 52.5 Å². The van der Waals surface area contributed by atoms with Crippen LogP contribution >= 0.6 is 0 Å². The second kappa shape index (κ2) is 35.6. The van der Waals surface area contributed by atoms with Gasteiger partial charge in [-0.1, -0.05) is 218 Å². The van der Waals surface area contributed by atoms with Crippen molar-refractivity contribution in [1.82, 2.24) is 4.90 Å². The normalized spacial score (nSPS) is 12.5. The zero-order valence-electron chi connectivity index (χ0n) is 43.1. The summed E-state index contributed by atoms with van der Waals surface area (Å²) in [6.45, 7) is 17.1. The molecule has 0 aliphatic carbocycles. The molecular weight excluding hydrogens is 817 g/mol. The van der Waals surface area contributed by atoms with Gasteiger partial charge < -0.3 is 29.6 Å². The summed E-state index contributed by atoms with van der Waals surface area (Å²) in [5, 5.41) is 0. The molecule has 1 amide bonds. The topological polar surface area (TPSA) is 83.3 Å². The molecule has 372 valence electrons. The Morgan fingerprint density at radius 3 is 1.59 bits per heavy atom. The summed E-state index contributed by atoms with van der Waals surface area (Å²) in [5.74, 6) is 2.81. The van der Waals surface area contributed by atoms with Crippen LogP contribution in [0.2, 0.25) is 0 Å². The molecule has 7 nitrogen and oxygen atoms in total. The first-order valence-corrected chi connectivity index (χ1v) is 26.9. The largest absolute Gasteiger partial charge is 0.491 e. The molecule has 3 aromatic carbocycles. The second-order valence-corrected chi connectivity index (χ2v) is 20.4. The fraction of sp³-hybridized carbons (Fsp3) is 0.678. The Morgan fingerprint density at radius 2 is 1.06 bits per heavy atom. The molecule has 0 aromatic heterocycles. The molecule has 2 N–H and O–H groups in total. The number of rotatable bonds is 40. The van der Waals surface area contributed by atoms with Crippen molar-refractivity contribution in [2.75, 3.05) is 39.6 Å². The number of hydrogen-bond acceptors (Lipinski definition) is 6. The molecule has 0 saturated carbocycles. The van der Waals surface area contributed by atoms with Gasteiger partial charge in [-0.05, 0) is 71.6 Å². The summed E-state index contributed by atoms with van der Waals surface area (Å²) in [6.07, 6.45) is 30.2. The van der Waals surface area contributed by atoms with Crippen molar-refractivity contribution in [3.63, 3.8) is 0 Å². The van der Waals surface area contributed by atoms with Crippen LogP contribution in [0.25, 0.3) is 0 Å². The van der Waals surface area contributed by atoms with Gasteiger partial charge in [0.25, 0.3) is 0 Å². The number of amides is 1. The predicted molar refractivity (Wildman–Crippen MR) is 279 cm³/mol. The summed E-state index contributed by atoms with van der Waals surface area (Å²) in [4.78, 5) is 15.9. The number of carbonyl (C=O) groups excluding carboxylic acids is 1. The predicted octanol–water partition coefficient (Wildman–Crippen LogP) is 16.0. The minimum absolute atomic E-state index is 0.153. The van der Waals surface area contributed by atoms with Gasteiger partial charge in [-0.15, -0.1) is 0 Å². The molecule has 0 fully saturated rings. The van der Waals surface area contributed by atoms with E-state index in [0.717, 1.165) is 53.2 Å². The van der Waals surface area contributed by atoms with Crippen LogP contribution in [0, 0.1) is 11.3 Å². The van der Waals surface area contributed by atoms with Crippen molar-refractivity contribution < 1.29 is 23.7 Å². The highest BCUT2D eigenvalue weighted by atomic mass is 16.5. The number of benzene rings is 3. The Balaban J connectivity index is 1.56. The molecule has 0 aliphatic heterocycles. The summed E-state index contributed by atoms with van der Waals surface area (Å²) >= 11 is 0. The average Bonchev–Trinajstić information content (AvgIpc) is 3.30. The van der Waals surface area contributed by atoms with Crippen molar-refractivity contribution in [1.29, 1.82) is 0 Å². The molecule has 2 unspecified atom stereocenters. The van der Waals surface area contributed by atoms with Crippen molar-refractivity contribution in [2.24, 2.45) is 17.1 Å². The van der Waals surface area contributed by atoms with E-state index in [-0.39, 0.29) is 23.3 Å². The van der Waals surface area contributed by atoms with Gasteiger partial charge in [0.1, 0.15) is 12.4 Å². The average molecular weight is 913 g/mol. The van der Waals surface area contributed by atoms with Gasteiger partial charge in [0.05, 0.1) is 32.5 Å². The van der Waals surface area contributed by atoms with Crippen molar-refractivity contribution >= 4 is 5.91 Å². The molecule has 0 aliphatic rings. The number of nitrogens with two attached hydrogens (primary N) is 1. The smallest absolute Gasteiger partial charge is 0.223 e. The fourth-order valence-electron chi connectivity index (χ4n) is 8.96. The zero-order valence-corrected chi connectivity index (χ0v) is 43.1. The standard InChI is InChI=1S/C59H96N2O5/c1-7-9-11-13-15-17-19-21-23-25-30-41-65-55-39-34-51(47-56(55)66-42-31-26-24-22-20-18-16-14-12-10-8-2)49-61(57(62)46-50(3)48-59(4,5)6)40-43-63-44-45-64-54-37-35-53(36-38-54)58(60)52-32-28-27-29-33-52/h27-29,32-39,47,50,58H,7-26,30-31,40-46,48-49,60H2,1-6H3. The molecule has 3 aromatic rings. The molecule has 0 heterocycles. The monoisotopic (exact) mass is 913 g/mol. The van der Waals surface area contributed by atoms with Gasteiger partial charge in [0, 0.05) is 19.5 Å². The minimum atomic E-state index is -0.181. The van der Waals surface area contributed by atoms with Gasteiger partial charge in [0.15, 0.2) is 11.5 Å². The Labute approximate surface area is 404 Å². The third-order valence-electron chi connectivity index (χ3n) is 12.6. The Morgan fingerprint density at radius 1 is 0.561 bits per heavy atom. The van der Waals surface area contributed by atoms with Gasteiger partial charge in [-0.2, -0.15) is 0 Å².